The summed E-state index contributed by atoms with van der Waals surface area (Å²) in [6.45, 7) is 1.54. The van der Waals surface area contributed by atoms with Crippen LogP contribution in [-0.4, -0.2) is 12.9 Å². The van der Waals surface area contributed by atoms with Crippen LogP contribution in [0.1, 0.15) is 17.3 Å². The number of carbonyl (C=O) groups excluding carboxylic acids is 1. The average Bonchev–Trinajstić information content (AvgIpc) is 2.15. The largest absolute Gasteiger partial charge is 0.497 e. The lowest BCUT2D eigenvalue weighted by Crippen LogP contribution is -2.01. The molecule has 0 aliphatic heterocycles. The fourth-order valence-electron chi connectivity index (χ4n) is 1.10. The van der Waals surface area contributed by atoms with Crippen molar-refractivity contribution in [3.63, 3.8) is 0 Å². The van der Waals surface area contributed by atoms with Crippen LogP contribution in [0, 0.1) is 0 Å². The van der Waals surface area contributed by atoms with E-state index in [1.54, 1.807) is 13.2 Å². The van der Waals surface area contributed by atoms with E-state index in [4.69, 9.17) is 4.74 Å². The van der Waals surface area contributed by atoms with E-state index in [1.165, 1.54) is 6.92 Å². The van der Waals surface area contributed by atoms with Crippen LogP contribution in [0.5, 0.6) is 5.75 Å². The minimum Gasteiger partial charge on any atom is -0.497 e. The van der Waals surface area contributed by atoms with Gasteiger partial charge in [0.05, 0.1) is 11.9 Å². The number of hydrogen-bond donors (Lipinski definition) is 1. The van der Waals surface area contributed by atoms with Gasteiger partial charge in [0.1, 0.15) is 11.5 Å². The lowest BCUT2D eigenvalue weighted by Gasteiger charge is -2.09. The molecule has 4 heteroatoms. The standard InChI is InChI=1S/C10H11BrO2S/c1-6(12)10(11)7-3-8(13-2)5-9(14)4-7/h3-5,10,14H,1-2H3. The molecule has 0 bridgehead atoms. The van der Waals surface area contributed by atoms with E-state index in [2.05, 4.69) is 28.6 Å². The lowest BCUT2D eigenvalue weighted by atomic mass is 10.1. The van der Waals surface area contributed by atoms with E-state index in [0.717, 1.165) is 10.5 Å². The van der Waals surface area contributed by atoms with Gasteiger partial charge < -0.3 is 4.74 Å². The second-order valence-electron chi connectivity index (χ2n) is 2.94. The van der Waals surface area contributed by atoms with Crippen molar-refractivity contribution in [2.75, 3.05) is 7.11 Å². The second kappa shape index (κ2) is 4.84. The van der Waals surface area contributed by atoms with Crippen molar-refractivity contribution in [1.29, 1.82) is 0 Å². The molecule has 0 heterocycles. The highest BCUT2D eigenvalue weighted by atomic mass is 79.9. The van der Waals surface area contributed by atoms with Crippen molar-refractivity contribution >= 4 is 34.3 Å². The molecule has 0 N–H and O–H groups in total. The highest BCUT2D eigenvalue weighted by Crippen LogP contribution is 2.29. The number of hydrogen-bond acceptors (Lipinski definition) is 3. The van der Waals surface area contributed by atoms with E-state index in [-0.39, 0.29) is 10.6 Å². The summed E-state index contributed by atoms with van der Waals surface area (Å²) in [4.78, 5) is 11.6. The molecule has 0 aliphatic rings. The average molecular weight is 275 g/mol. The van der Waals surface area contributed by atoms with Gasteiger partial charge in [0.2, 0.25) is 0 Å². The van der Waals surface area contributed by atoms with Gasteiger partial charge in [0, 0.05) is 4.90 Å². The van der Waals surface area contributed by atoms with Gasteiger partial charge in [0.15, 0.2) is 0 Å². The van der Waals surface area contributed by atoms with Crippen molar-refractivity contribution in [2.24, 2.45) is 0 Å². The number of thiol groups is 1. The Labute approximate surface area is 97.2 Å². The van der Waals surface area contributed by atoms with Crippen molar-refractivity contribution in [1.82, 2.24) is 0 Å². The Hall–Kier alpha value is -0.480. The molecule has 0 aliphatic carbocycles. The molecule has 14 heavy (non-hydrogen) atoms. The maximum absolute atomic E-state index is 11.1. The second-order valence-corrected chi connectivity index (χ2v) is 4.37. The van der Waals surface area contributed by atoms with Crippen molar-refractivity contribution in [3.8, 4) is 5.75 Å². The molecule has 1 aromatic carbocycles. The topological polar surface area (TPSA) is 26.3 Å². The fourth-order valence-corrected chi connectivity index (χ4v) is 1.65. The lowest BCUT2D eigenvalue weighted by molar-refractivity contribution is -0.116. The Balaban J connectivity index is 3.08. The highest BCUT2D eigenvalue weighted by molar-refractivity contribution is 9.09. The summed E-state index contributed by atoms with van der Waals surface area (Å²) in [5, 5.41) is 0. The molecular formula is C10H11BrO2S. The van der Waals surface area contributed by atoms with Crippen LogP contribution in [-0.2, 0) is 4.79 Å². The number of Topliss-reactive ketones (excluding diaryl/α,β-unsaturated/α-hetero) is 1. The molecule has 0 aromatic heterocycles. The summed E-state index contributed by atoms with van der Waals surface area (Å²) in [5.41, 5.74) is 0.863. The van der Waals surface area contributed by atoms with Crippen LogP contribution in [0.4, 0.5) is 0 Å². The maximum atomic E-state index is 11.1. The van der Waals surface area contributed by atoms with Gasteiger partial charge >= 0.3 is 0 Å². The molecule has 1 rings (SSSR count). The normalized spacial score (nSPS) is 12.3. The number of ether oxygens (including phenoxy) is 1. The summed E-state index contributed by atoms with van der Waals surface area (Å²) < 4.78 is 5.08. The van der Waals surface area contributed by atoms with Crippen LogP contribution in [0.2, 0.25) is 0 Å². The summed E-state index contributed by atoms with van der Waals surface area (Å²) >= 11 is 7.54. The number of benzene rings is 1. The predicted octanol–water partition coefficient (Wildman–Crippen LogP) is 3.01. The third kappa shape index (κ3) is 2.75. The first-order valence-electron chi connectivity index (χ1n) is 4.07. The van der Waals surface area contributed by atoms with Crippen molar-refractivity contribution < 1.29 is 9.53 Å². The zero-order valence-electron chi connectivity index (χ0n) is 7.95. The third-order valence-corrected chi connectivity index (χ3v) is 3.23. The molecule has 1 unspecified atom stereocenters. The smallest absolute Gasteiger partial charge is 0.147 e. The number of alkyl halides is 1. The molecule has 0 radical (unpaired) electrons. The summed E-state index contributed by atoms with van der Waals surface area (Å²) in [6.07, 6.45) is 0. The van der Waals surface area contributed by atoms with Crippen LogP contribution in [0.25, 0.3) is 0 Å². The zero-order chi connectivity index (χ0) is 10.7. The number of ketones is 1. The Morgan fingerprint density at radius 2 is 2.14 bits per heavy atom. The van der Waals surface area contributed by atoms with Crippen LogP contribution in [0.15, 0.2) is 23.1 Å². The quantitative estimate of drug-likeness (QED) is 0.678. The molecule has 0 amide bonds. The van der Waals surface area contributed by atoms with Crippen LogP contribution < -0.4 is 4.74 Å². The van der Waals surface area contributed by atoms with Crippen molar-refractivity contribution in [2.45, 2.75) is 16.6 Å². The molecule has 1 aromatic rings. The number of methoxy groups -OCH3 is 1. The molecule has 0 spiro atoms. The van der Waals surface area contributed by atoms with Gasteiger partial charge in [-0.3, -0.25) is 4.79 Å². The summed E-state index contributed by atoms with van der Waals surface area (Å²) in [6, 6.07) is 5.46. The molecule has 0 saturated heterocycles. The first-order chi connectivity index (χ1) is 6.54. The summed E-state index contributed by atoms with van der Waals surface area (Å²) in [7, 11) is 1.59. The minimum atomic E-state index is -0.288. The first kappa shape index (κ1) is 11.6. The van der Waals surface area contributed by atoms with Crippen molar-refractivity contribution in [3.05, 3.63) is 23.8 Å². The number of carbonyl (C=O) groups is 1. The zero-order valence-corrected chi connectivity index (χ0v) is 10.4. The monoisotopic (exact) mass is 274 g/mol. The molecule has 1 atom stereocenters. The van der Waals surface area contributed by atoms with Gasteiger partial charge in [-0.25, -0.2) is 0 Å². The predicted molar refractivity (Wildman–Crippen MR) is 62.6 cm³/mol. The third-order valence-electron chi connectivity index (χ3n) is 1.80. The molecular weight excluding hydrogens is 264 g/mol. The molecule has 0 fully saturated rings. The van der Waals surface area contributed by atoms with E-state index < -0.39 is 0 Å². The first-order valence-corrected chi connectivity index (χ1v) is 5.43. The van der Waals surface area contributed by atoms with Gasteiger partial charge in [-0.05, 0) is 30.7 Å². The van der Waals surface area contributed by atoms with Gasteiger partial charge in [-0.1, -0.05) is 15.9 Å². The van der Waals surface area contributed by atoms with Gasteiger partial charge in [0.25, 0.3) is 0 Å². The Morgan fingerprint density at radius 3 is 2.64 bits per heavy atom. The molecule has 0 saturated carbocycles. The van der Waals surface area contributed by atoms with Crippen LogP contribution >= 0.6 is 28.6 Å². The Bertz CT molecular complexity index is 352. The number of rotatable bonds is 3. The van der Waals surface area contributed by atoms with E-state index in [1.807, 2.05) is 12.1 Å². The highest BCUT2D eigenvalue weighted by Gasteiger charge is 2.13. The SMILES string of the molecule is COc1cc(S)cc(C(Br)C(C)=O)c1. The number of halogens is 1. The van der Waals surface area contributed by atoms with E-state index in [0.29, 0.717) is 5.75 Å². The fraction of sp³-hybridized carbons (Fsp3) is 0.300. The molecule has 2 nitrogen and oxygen atoms in total. The van der Waals surface area contributed by atoms with E-state index in [9.17, 15) is 4.79 Å². The minimum absolute atomic E-state index is 0.0611. The van der Waals surface area contributed by atoms with Crippen LogP contribution in [0.3, 0.4) is 0 Å². The maximum Gasteiger partial charge on any atom is 0.147 e. The van der Waals surface area contributed by atoms with E-state index >= 15 is 0 Å². The molecule has 76 valence electrons. The van der Waals surface area contributed by atoms with Gasteiger partial charge in [-0.2, -0.15) is 0 Å². The summed E-state index contributed by atoms with van der Waals surface area (Å²) in [5.74, 6) is 0.768. The van der Waals surface area contributed by atoms with Gasteiger partial charge in [-0.15, -0.1) is 12.6 Å². The Morgan fingerprint density at radius 1 is 1.50 bits per heavy atom. The Kier molecular flexibility index (Phi) is 4.01.